The van der Waals surface area contributed by atoms with Gasteiger partial charge >= 0.3 is 0 Å². The van der Waals surface area contributed by atoms with Gasteiger partial charge in [-0.1, -0.05) is 42.5 Å². The Morgan fingerprint density at radius 3 is 2.30 bits per heavy atom. The minimum Gasteiger partial charge on any atom is -0.508 e. The molecule has 2 fully saturated rings. The van der Waals surface area contributed by atoms with Gasteiger partial charge in [-0.15, -0.1) is 0 Å². The van der Waals surface area contributed by atoms with Crippen LogP contribution in [0.5, 0.6) is 5.75 Å². The molecule has 2 N–H and O–H groups in total. The molecule has 2 unspecified atom stereocenters. The van der Waals surface area contributed by atoms with E-state index in [1.807, 2.05) is 4.90 Å². The summed E-state index contributed by atoms with van der Waals surface area (Å²) in [7, 11) is 0. The van der Waals surface area contributed by atoms with E-state index < -0.39 is 12.0 Å². The number of aliphatic hydroxyl groups excluding tert-OH is 1. The second-order valence-corrected chi connectivity index (χ2v) is 7.30. The number of hydrogen-bond acceptors (Lipinski definition) is 3. The van der Waals surface area contributed by atoms with Crippen molar-refractivity contribution in [2.24, 2.45) is 5.92 Å². The van der Waals surface area contributed by atoms with Crippen molar-refractivity contribution in [3.05, 3.63) is 27.7 Å². The molecule has 3 rings (SSSR count). The van der Waals surface area contributed by atoms with Crippen molar-refractivity contribution in [2.45, 2.75) is 50.7 Å². The largest absolute Gasteiger partial charge is 0.508 e. The Labute approximate surface area is 146 Å². The first-order chi connectivity index (χ1) is 11.0. The highest BCUT2D eigenvalue weighted by Crippen LogP contribution is 2.41. The molecule has 6 heteroatoms. The van der Waals surface area contributed by atoms with Crippen molar-refractivity contribution in [3.63, 3.8) is 0 Å². The highest BCUT2D eigenvalue weighted by atomic mass is 35.5. The van der Waals surface area contributed by atoms with Gasteiger partial charge in [-0.3, -0.25) is 4.79 Å². The van der Waals surface area contributed by atoms with Crippen LogP contribution < -0.4 is 0 Å². The second kappa shape index (κ2) is 6.88. The smallest absolute Gasteiger partial charge is 0.228 e. The predicted octanol–water partition coefficient (Wildman–Crippen LogP) is 3.91. The fourth-order valence-corrected chi connectivity index (χ4v) is 4.53. The number of benzene rings is 1. The molecule has 1 saturated carbocycles. The van der Waals surface area contributed by atoms with E-state index in [1.54, 1.807) is 0 Å². The summed E-state index contributed by atoms with van der Waals surface area (Å²) < 4.78 is 0. The first-order valence-electron chi connectivity index (χ1n) is 8.15. The molecule has 1 aliphatic heterocycles. The normalized spacial score (nSPS) is 24.2. The topological polar surface area (TPSA) is 60.8 Å². The molecule has 0 radical (unpaired) electrons. The summed E-state index contributed by atoms with van der Waals surface area (Å²) in [4.78, 5) is 14.7. The van der Waals surface area contributed by atoms with E-state index in [9.17, 15) is 15.0 Å². The van der Waals surface area contributed by atoms with Crippen molar-refractivity contribution in [3.8, 4) is 5.75 Å². The Balaban J connectivity index is 1.78. The number of rotatable bonds is 3. The lowest BCUT2D eigenvalue weighted by Crippen LogP contribution is -2.39. The minimum atomic E-state index is -1.04. The number of carbonyl (C=O) groups is 1. The van der Waals surface area contributed by atoms with E-state index in [4.69, 9.17) is 23.2 Å². The van der Waals surface area contributed by atoms with Gasteiger partial charge in [0.25, 0.3) is 0 Å². The minimum absolute atomic E-state index is 0.00962. The number of hydrogen-bond donors (Lipinski definition) is 2. The van der Waals surface area contributed by atoms with Crippen molar-refractivity contribution < 1.29 is 15.0 Å². The molecule has 1 aromatic carbocycles. The van der Waals surface area contributed by atoms with E-state index in [0.717, 1.165) is 25.7 Å². The maximum Gasteiger partial charge on any atom is 0.228 e. The Morgan fingerprint density at radius 1 is 1.09 bits per heavy atom. The zero-order valence-corrected chi connectivity index (χ0v) is 14.4. The Hall–Kier alpha value is -0.970. The number of phenolic OH excluding ortho intramolecular Hbond substituents is 1. The van der Waals surface area contributed by atoms with Crippen LogP contribution in [0, 0.1) is 5.92 Å². The summed E-state index contributed by atoms with van der Waals surface area (Å²) in [5.41, 5.74) is 0.329. The van der Waals surface area contributed by atoms with E-state index in [1.165, 1.54) is 18.6 Å². The van der Waals surface area contributed by atoms with Gasteiger partial charge in [0.15, 0.2) is 0 Å². The van der Waals surface area contributed by atoms with Crippen LogP contribution in [0.1, 0.15) is 50.2 Å². The molecule has 0 bridgehead atoms. The Morgan fingerprint density at radius 2 is 1.70 bits per heavy atom. The van der Waals surface area contributed by atoms with E-state index in [2.05, 4.69) is 0 Å². The molecule has 126 valence electrons. The number of nitrogens with zero attached hydrogens (tertiary/aromatic N) is 1. The summed E-state index contributed by atoms with van der Waals surface area (Å²) in [6.07, 6.45) is 5.23. The third-order valence-corrected chi connectivity index (χ3v) is 5.66. The molecule has 1 heterocycles. The van der Waals surface area contributed by atoms with Crippen LogP contribution in [-0.4, -0.2) is 33.6 Å². The molecular weight excluding hydrogens is 337 g/mol. The number of aromatic hydroxyl groups is 1. The quantitative estimate of drug-likeness (QED) is 0.861. The van der Waals surface area contributed by atoms with Crippen LogP contribution in [0.2, 0.25) is 10.0 Å². The van der Waals surface area contributed by atoms with Gasteiger partial charge in [-0.2, -0.15) is 0 Å². The number of carbonyl (C=O) groups excluding carboxylic acids is 1. The average molecular weight is 358 g/mol. The number of likely N-dealkylation sites (tertiary alicyclic amines) is 1. The number of amides is 1. The van der Waals surface area contributed by atoms with Crippen molar-refractivity contribution in [1.29, 1.82) is 0 Å². The molecule has 1 aromatic rings. The van der Waals surface area contributed by atoms with Crippen LogP contribution in [0.25, 0.3) is 0 Å². The lowest BCUT2D eigenvalue weighted by atomic mass is 9.93. The zero-order chi connectivity index (χ0) is 16.6. The molecule has 1 saturated heterocycles. The van der Waals surface area contributed by atoms with Gasteiger partial charge in [0.05, 0.1) is 22.1 Å². The first kappa shape index (κ1) is 16.9. The van der Waals surface area contributed by atoms with Crippen LogP contribution >= 0.6 is 23.2 Å². The summed E-state index contributed by atoms with van der Waals surface area (Å²) in [6.45, 7) is 0.679. The van der Waals surface area contributed by atoms with Crippen molar-refractivity contribution in [1.82, 2.24) is 4.90 Å². The fourth-order valence-electron chi connectivity index (χ4n) is 3.83. The fraction of sp³-hybridized carbons (Fsp3) is 0.588. The van der Waals surface area contributed by atoms with E-state index in [-0.39, 0.29) is 21.7 Å². The average Bonchev–Trinajstić information content (AvgIpc) is 2.88. The summed E-state index contributed by atoms with van der Waals surface area (Å²) >= 11 is 12.2. The SMILES string of the molecule is O=C1C(C(O)c2c(Cl)cc(O)cc2Cl)CCN1C1CCCCC1. The molecule has 2 aliphatic rings. The summed E-state index contributed by atoms with van der Waals surface area (Å²) in [5, 5.41) is 20.5. The summed E-state index contributed by atoms with van der Waals surface area (Å²) in [5.74, 6) is -0.585. The lowest BCUT2D eigenvalue weighted by Gasteiger charge is -2.31. The highest BCUT2D eigenvalue weighted by Gasteiger charge is 2.41. The number of aliphatic hydroxyl groups is 1. The maximum atomic E-state index is 12.7. The van der Waals surface area contributed by atoms with Crippen molar-refractivity contribution >= 4 is 29.1 Å². The Bertz CT molecular complexity index is 578. The van der Waals surface area contributed by atoms with Crippen LogP contribution in [-0.2, 0) is 4.79 Å². The van der Waals surface area contributed by atoms with Gasteiger partial charge in [0, 0.05) is 18.2 Å². The molecule has 23 heavy (non-hydrogen) atoms. The van der Waals surface area contributed by atoms with E-state index >= 15 is 0 Å². The monoisotopic (exact) mass is 357 g/mol. The van der Waals surface area contributed by atoms with Gasteiger partial charge < -0.3 is 15.1 Å². The van der Waals surface area contributed by atoms with Gasteiger partial charge in [0.2, 0.25) is 5.91 Å². The molecule has 0 aromatic heterocycles. The second-order valence-electron chi connectivity index (χ2n) is 6.49. The van der Waals surface area contributed by atoms with Crippen LogP contribution in [0.15, 0.2) is 12.1 Å². The lowest BCUT2D eigenvalue weighted by molar-refractivity contribution is -0.136. The van der Waals surface area contributed by atoms with Crippen LogP contribution in [0.3, 0.4) is 0 Å². The summed E-state index contributed by atoms with van der Waals surface area (Å²) in [6, 6.07) is 2.98. The van der Waals surface area contributed by atoms with Gasteiger partial charge in [0.1, 0.15) is 5.75 Å². The zero-order valence-electron chi connectivity index (χ0n) is 12.8. The van der Waals surface area contributed by atoms with Crippen LogP contribution in [0.4, 0.5) is 0 Å². The molecule has 4 nitrogen and oxygen atoms in total. The van der Waals surface area contributed by atoms with Crippen molar-refractivity contribution in [2.75, 3.05) is 6.54 Å². The highest BCUT2D eigenvalue weighted by molar-refractivity contribution is 6.36. The Kier molecular flexibility index (Phi) is 5.04. The standard InChI is InChI=1S/C17H21Cl2NO3/c18-13-8-11(21)9-14(19)15(13)16(22)12-6-7-20(17(12)23)10-4-2-1-3-5-10/h8-10,12,16,21-22H,1-7H2. The van der Waals surface area contributed by atoms with E-state index in [0.29, 0.717) is 24.6 Å². The molecule has 1 amide bonds. The molecule has 0 spiro atoms. The third kappa shape index (κ3) is 3.30. The molecule has 1 aliphatic carbocycles. The molecular formula is C17H21Cl2NO3. The number of phenols is 1. The van der Waals surface area contributed by atoms with Gasteiger partial charge in [-0.25, -0.2) is 0 Å². The number of halogens is 2. The first-order valence-corrected chi connectivity index (χ1v) is 8.91. The predicted molar refractivity (Wildman–Crippen MR) is 89.8 cm³/mol. The molecule has 2 atom stereocenters. The maximum absolute atomic E-state index is 12.7. The van der Waals surface area contributed by atoms with Gasteiger partial charge in [-0.05, 0) is 31.4 Å². The third-order valence-electron chi connectivity index (χ3n) is 5.04.